The largest absolute Gasteiger partial charge is 0.449 e. The van der Waals surface area contributed by atoms with E-state index in [0.29, 0.717) is 9.92 Å². The minimum absolute atomic E-state index is 0.106. The van der Waals surface area contributed by atoms with Crippen LogP contribution in [0.5, 0.6) is 0 Å². The molecule has 132 valence electrons. The monoisotopic (exact) mass is 400 g/mol. The van der Waals surface area contributed by atoms with Gasteiger partial charge in [0, 0.05) is 12.5 Å². The van der Waals surface area contributed by atoms with Crippen LogP contribution in [0.1, 0.15) is 17.3 Å². The van der Waals surface area contributed by atoms with Gasteiger partial charge in [-0.25, -0.2) is 9.78 Å². The van der Waals surface area contributed by atoms with Crippen LogP contribution in [0.4, 0.5) is 5.82 Å². The van der Waals surface area contributed by atoms with Crippen molar-refractivity contribution in [2.45, 2.75) is 17.9 Å². The molecule has 0 saturated carbocycles. The molecule has 0 saturated heterocycles. The van der Waals surface area contributed by atoms with Gasteiger partial charge in [0.2, 0.25) is 0 Å². The minimum atomic E-state index is -1.36. The van der Waals surface area contributed by atoms with Crippen molar-refractivity contribution in [1.29, 1.82) is 0 Å². The zero-order chi connectivity index (χ0) is 18.6. The van der Waals surface area contributed by atoms with Crippen LogP contribution in [0.2, 0.25) is 10.0 Å². The number of nitrogens with one attached hydrogen (secondary N) is 1. The van der Waals surface area contributed by atoms with Crippen molar-refractivity contribution in [3.05, 3.63) is 52.1 Å². The molecular formula is C16H14Cl2N2O4S. The van der Waals surface area contributed by atoms with Gasteiger partial charge in [0.15, 0.2) is 11.9 Å². The van der Waals surface area contributed by atoms with Crippen LogP contribution in [0.15, 0.2) is 41.4 Å². The number of anilines is 1. The molecule has 0 bridgehead atoms. The Labute approximate surface area is 157 Å². The molecule has 1 heterocycles. The first-order valence-corrected chi connectivity index (χ1v) is 9.36. The van der Waals surface area contributed by atoms with Crippen LogP contribution < -0.4 is 5.32 Å². The van der Waals surface area contributed by atoms with E-state index in [1.165, 1.54) is 31.5 Å². The Morgan fingerprint density at radius 2 is 1.96 bits per heavy atom. The number of hydrogen-bond acceptors (Lipinski definition) is 5. The summed E-state index contributed by atoms with van der Waals surface area (Å²) in [6, 6.07) is 7.76. The Kier molecular flexibility index (Phi) is 6.52. The highest BCUT2D eigenvalue weighted by molar-refractivity contribution is 7.84. The number of benzene rings is 1. The molecule has 1 aromatic heterocycles. The van der Waals surface area contributed by atoms with Crippen molar-refractivity contribution in [2.24, 2.45) is 0 Å². The summed E-state index contributed by atoms with van der Waals surface area (Å²) in [5.74, 6) is -1.25. The fourth-order valence-electron chi connectivity index (χ4n) is 1.89. The number of esters is 1. The standard InChI is InChI=1S/C16H14Cl2N2O4S/c1-9(15(21)20-14-12(18)7-10(17)8-19-14)24-16(22)11-5-3-4-6-13(11)25(2)23/h3-9H,1-2H3,(H,19,20,21)/t9-,25-/m0/s1. The zero-order valence-electron chi connectivity index (χ0n) is 13.3. The van der Waals surface area contributed by atoms with E-state index in [-0.39, 0.29) is 16.4 Å². The molecule has 1 aromatic carbocycles. The van der Waals surface area contributed by atoms with E-state index in [9.17, 15) is 13.8 Å². The van der Waals surface area contributed by atoms with E-state index >= 15 is 0 Å². The summed E-state index contributed by atoms with van der Waals surface area (Å²) in [4.78, 5) is 28.6. The normalized spacial score (nSPS) is 13.0. The first-order chi connectivity index (χ1) is 11.8. The number of amides is 1. The number of hydrogen-bond donors (Lipinski definition) is 1. The number of ether oxygens (including phenoxy) is 1. The molecule has 2 atom stereocenters. The molecule has 0 spiro atoms. The summed E-state index contributed by atoms with van der Waals surface area (Å²) in [7, 11) is -1.36. The van der Waals surface area contributed by atoms with E-state index in [2.05, 4.69) is 10.3 Å². The van der Waals surface area contributed by atoms with E-state index < -0.39 is 28.8 Å². The molecule has 0 radical (unpaired) electrons. The van der Waals surface area contributed by atoms with E-state index in [1.807, 2.05) is 0 Å². The first kappa shape index (κ1) is 19.4. The van der Waals surface area contributed by atoms with Crippen LogP contribution >= 0.6 is 23.2 Å². The number of carbonyl (C=O) groups excluding carboxylic acids is 2. The lowest BCUT2D eigenvalue weighted by Crippen LogP contribution is -2.30. The molecule has 1 amide bonds. The van der Waals surface area contributed by atoms with Gasteiger partial charge in [-0.05, 0) is 25.1 Å². The molecule has 2 aromatic rings. The summed E-state index contributed by atoms with van der Waals surface area (Å²) in [6.07, 6.45) is 1.67. The Hall–Kier alpha value is -1.96. The highest BCUT2D eigenvalue weighted by Gasteiger charge is 2.22. The molecule has 0 fully saturated rings. The van der Waals surface area contributed by atoms with Crippen LogP contribution in [0, 0.1) is 0 Å². The van der Waals surface area contributed by atoms with E-state index in [0.717, 1.165) is 0 Å². The third-order valence-electron chi connectivity index (χ3n) is 3.12. The summed E-state index contributed by atoms with van der Waals surface area (Å²) >= 11 is 11.7. The van der Waals surface area contributed by atoms with Crippen molar-refractivity contribution >= 4 is 51.7 Å². The predicted molar refractivity (Wildman–Crippen MR) is 96.5 cm³/mol. The second-order valence-corrected chi connectivity index (χ2v) is 7.16. The van der Waals surface area contributed by atoms with Gasteiger partial charge in [-0.3, -0.25) is 9.00 Å². The Balaban J connectivity index is 2.08. The molecule has 9 heteroatoms. The molecule has 1 N–H and O–H groups in total. The topological polar surface area (TPSA) is 85.4 Å². The van der Waals surface area contributed by atoms with Crippen molar-refractivity contribution < 1.29 is 18.5 Å². The fourth-order valence-corrected chi connectivity index (χ4v) is 3.05. The molecule has 2 rings (SSSR count). The van der Waals surface area contributed by atoms with Crippen molar-refractivity contribution in [1.82, 2.24) is 4.98 Å². The van der Waals surface area contributed by atoms with Gasteiger partial charge in [-0.1, -0.05) is 35.3 Å². The van der Waals surface area contributed by atoms with Gasteiger partial charge in [0.05, 0.1) is 31.3 Å². The average molecular weight is 401 g/mol. The maximum atomic E-state index is 12.3. The lowest BCUT2D eigenvalue weighted by molar-refractivity contribution is -0.123. The van der Waals surface area contributed by atoms with Crippen molar-refractivity contribution in [3.8, 4) is 0 Å². The van der Waals surface area contributed by atoms with Gasteiger partial charge >= 0.3 is 5.97 Å². The highest BCUT2D eigenvalue weighted by atomic mass is 35.5. The molecule has 0 aliphatic heterocycles. The maximum absolute atomic E-state index is 12.3. The Morgan fingerprint density at radius 3 is 2.60 bits per heavy atom. The van der Waals surface area contributed by atoms with Gasteiger partial charge in [-0.15, -0.1) is 0 Å². The fraction of sp³-hybridized carbons (Fsp3) is 0.188. The SMILES string of the molecule is C[C@H](OC(=O)c1ccccc1[S@](C)=O)C(=O)Nc1ncc(Cl)cc1Cl. The van der Waals surface area contributed by atoms with Crippen molar-refractivity contribution in [2.75, 3.05) is 11.6 Å². The van der Waals surface area contributed by atoms with Gasteiger partial charge in [-0.2, -0.15) is 0 Å². The molecule has 0 aliphatic rings. The number of rotatable bonds is 5. The second kappa shape index (κ2) is 8.42. The summed E-state index contributed by atoms with van der Waals surface area (Å²) in [6.45, 7) is 1.41. The minimum Gasteiger partial charge on any atom is -0.449 e. The number of aromatic nitrogens is 1. The van der Waals surface area contributed by atoms with Crippen LogP contribution in [0.3, 0.4) is 0 Å². The molecule has 0 aliphatic carbocycles. The van der Waals surface area contributed by atoms with Gasteiger partial charge in [0.25, 0.3) is 5.91 Å². The lowest BCUT2D eigenvalue weighted by Gasteiger charge is -2.14. The third-order valence-corrected chi connectivity index (χ3v) is 4.59. The Bertz CT molecular complexity index is 845. The molecule has 0 unspecified atom stereocenters. The zero-order valence-corrected chi connectivity index (χ0v) is 15.6. The van der Waals surface area contributed by atoms with Gasteiger partial charge in [0.1, 0.15) is 0 Å². The van der Waals surface area contributed by atoms with Crippen LogP contribution in [0.25, 0.3) is 0 Å². The van der Waals surface area contributed by atoms with Gasteiger partial charge < -0.3 is 10.1 Å². The maximum Gasteiger partial charge on any atom is 0.340 e. The second-order valence-electron chi connectivity index (χ2n) is 4.97. The van der Waals surface area contributed by atoms with Crippen LogP contribution in [-0.4, -0.2) is 33.4 Å². The summed E-state index contributed by atoms with van der Waals surface area (Å²) in [5.41, 5.74) is 0.144. The van der Waals surface area contributed by atoms with E-state index in [4.69, 9.17) is 27.9 Å². The lowest BCUT2D eigenvalue weighted by atomic mass is 10.2. The third kappa shape index (κ3) is 5.01. The summed E-state index contributed by atoms with van der Waals surface area (Å²) < 4.78 is 16.8. The molecule has 25 heavy (non-hydrogen) atoms. The highest BCUT2D eigenvalue weighted by Crippen LogP contribution is 2.23. The quantitative estimate of drug-likeness (QED) is 0.777. The van der Waals surface area contributed by atoms with E-state index in [1.54, 1.807) is 18.2 Å². The number of pyridine rings is 1. The number of nitrogens with zero attached hydrogens (tertiary/aromatic N) is 1. The predicted octanol–water partition coefficient (Wildman–Crippen LogP) is 3.31. The first-order valence-electron chi connectivity index (χ1n) is 7.05. The number of carbonyl (C=O) groups is 2. The summed E-state index contributed by atoms with van der Waals surface area (Å²) in [5, 5.41) is 2.94. The smallest absolute Gasteiger partial charge is 0.340 e. The molecular weight excluding hydrogens is 387 g/mol. The average Bonchev–Trinajstić information content (AvgIpc) is 2.57. The van der Waals surface area contributed by atoms with Crippen LogP contribution in [-0.2, 0) is 20.3 Å². The number of halogens is 2. The molecule has 6 nitrogen and oxygen atoms in total. The Morgan fingerprint density at radius 1 is 1.28 bits per heavy atom. The van der Waals surface area contributed by atoms with Crippen molar-refractivity contribution in [3.63, 3.8) is 0 Å².